The number of hydrogen-bond acceptors (Lipinski definition) is 4. The molecular formula is C11H15Cl2NO4S. The normalized spacial score (nSPS) is 45.2. The third-order valence-electron chi connectivity index (χ3n) is 5.19. The molecule has 19 heavy (non-hydrogen) atoms. The van der Waals surface area contributed by atoms with Crippen LogP contribution in [0.5, 0.6) is 0 Å². The Balaban J connectivity index is 2.02. The van der Waals surface area contributed by atoms with Crippen molar-refractivity contribution in [3.8, 4) is 0 Å². The summed E-state index contributed by atoms with van der Waals surface area (Å²) in [6.07, 6.45) is 1.72. The lowest BCUT2D eigenvalue weighted by Crippen LogP contribution is -2.47. The van der Waals surface area contributed by atoms with Crippen molar-refractivity contribution in [2.24, 2.45) is 16.7 Å². The summed E-state index contributed by atoms with van der Waals surface area (Å²) in [7, 11) is -3.58. The minimum atomic E-state index is -3.58. The van der Waals surface area contributed by atoms with Crippen molar-refractivity contribution in [2.75, 3.05) is 12.5 Å². The quantitative estimate of drug-likeness (QED) is 0.582. The molecule has 0 aromatic heterocycles. The molecule has 0 radical (unpaired) electrons. The second-order valence-electron chi connectivity index (χ2n) is 5.85. The smallest absolute Gasteiger partial charge is 0.239 e. The summed E-state index contributed by atoms with van der Waals surface area (Å²) in [5, 5.41) is 0. The average molecular weight is 328 g/mol. The number of rotatable bonds is 4. The first kappa shape index (κ1) is 14.1. The minimum absolute atomic E-state index is 0.0250. The molecule has 2 aliphatic carbocycles. The molecule has 1 unspecified atom stereocenters. The SMILES string of the molecule is C[C@]1(C(Cl)Cl)[C@H]2CC[C@@]1(CS(=O)(=O)N1CO1)C(=O)C2. The summed E-state index contributed by atoms with van der Waals surface area (Å²) in [5.41, 5.74) is -1.63. The van der Waals surface area contributed by atoms with Gasteiger partial charge in [-0.3, -0.25) is 9.63 Å². The molecule has 3 rings (SSSR count). The number of Topliss-reactive ketones (excluding diaryl/α,β-unsaturated/α-hetero) is 1. The van der Waals surface area contributed by atoms with E-state index >= 15 is 0 Å². The Kier molecular flexibility index (Phi) is 3.02. The number of fused-ring (bicyclic) bond motifs is 2. The fourth-order valence-electron chi connectivity index (χ4n) is 3.82. The van der Waals surface area contributed by atoms with Crippen LogP contribution in [0.4, 0.5) is 0 Å². The number of carbonyl (C=O) groups excluding carboxylic acids is 1. The maximum atomic E-state index is 12.4. The number of halogens is 2. The fourth-order valence-corrected chi connectivity index (χ4v) is 6.34. The molecular weight excluding hydrogens is 313 g/mol. The maximum Gasteiger partial charge on any atom is 0.239 e. The molecule has 1 aliphatic heterocycles. The van der Waals surface area contributed by atoms with Crippen molar-refractivity contribution in [3.63, 3.8) is 0 Å². The number of alkyl halides is 2. The Bertz CT molecular complexity index is 533. The van der Waals surface area contributed by atoms with Gasteiger partial charge in [-0.2, -0.15) is 0 Å². The van der Waals surface area contributed by atoms with Gasteiger partial charge in [0.2, 0.25) is 10.0 Å². The zero-order valence-corrected chi connectivity index (χ0v) is 12.8. The van der Waals surface area contributed by atoms with E-state index in [-0.39, 0.29) is 24.2 Å². The zero-order valence-electron chi connectivity index (χ0n) is 10.4. The molecule has 8 heteroatoms. The number of hydrogen-bond donors (Lipinski definition) is 0. The minimum Gasteiger partial charge on any atom is -0.299 e. The van der Waals surface area contributed by atoms with Crippen molar-refractivity contribution >= 4 is 39.0 Å². The van der Waals surface area contributed by atoms with Gasteiger partial charge in [-0.1, -0.05) is 11.4 Å². The zero-order chi connectivity index (χ0) is 14.1. The molecule has 3 fully saturated rings. The van der Waals surface area contributed by atoms with Crippen LogP contribution >= 0.6 is 23.2 Å². The number of ketones is 1. The average Bonchev–Trinajstić information content (AvgIpc) is 3.09. The third kappa shape index (κ3) is 1.73. The van der Waals surface area contributed by atoms with E-state index in [2.05, 4.69) is 0 Å². The lowest BCUT2D eigenvalue weighted by Gasteiger charge is -2.40. The molecule has 4 atom stereocenters. The van der Waals surface area contributed by atoms with Gasteiger partial charge in [-0.25, -0.2) is 8.42 Å². The van der Waals surface area contributed by atoms with Crippen molar-refractivity contribution < 1.29 is 18.0 Å². The van der Waals surface area contributed by atoms with E-state index < -0.39 is 25.7 Å². The number of nitrogens with zero attached hydrogens (tertiary/aromatic N) is 1. The van der Waals surface area contributed by atoms with Crippen molar-refractivity contribution in [2.45, 2.75) is 31.0 Å². The first-order valence-electron chi connectivity index (χ1n) is 6.19. The summed E-state index contributed by atoms with van der Waals surface area (Å²) < 4.78 is 25.2. The largest absolute Gasteiger partial charge is 0.299 e. The van der Waals surface area contributed by atoms with Gasteiger partial charge >= 0.3 is 0 Å². The van der Waals surface area contributed by atoms with E-state index in [1.165, 1.54) is 0 Å². The lowest BCUT2D eigenvalue weighted by molar-refractivity contribution is -0.128. The van der Waals surface area contributed by atoms with E-state index in [0.717, 1.165) is 10.9 Å². The van der Waals surface area contributed by atoms with Crippen molar-refractivity contribution in [1.82, 2.24) is 4.47 Å². The summed E-state index contributed by atoms with van der Waals surface area (Å²) in [5.74, 6) is -0.199. The van der Waals surface area contributed by atoms with Crippen LogP contribution in [0.15, 0.2) is 0 Å². The van der Waals surface area contributed by atoms with Crippen LogP contribution in [-0.2, 0) is 19.7 Å². The van der Waals surface area contributed by atoms with Crippen LogP contribution in [-0.4, -0.2) is 36.0 Å². The summed E-state index contributed by atoms with van der Waals surface area (Å²) >= 11 is 12.2. The van der Waals surface area contributed by atoms with Crippen molar-refractivity contribution in [1.29, 1.82) is 0 Å². The van der Waals surface area contributed by atoms with Gasteiger partial charge in [-0.05, 0) is 18.8 Å². The molecule has 0 spiro atoms. The Morgan fingerprint density at radius 2 is 2.16 bits per heavy atom. The van der Waals surface area contributed by atoms with Gasteiger partial charge in [0.1, 0.15) is 10.6 Å². The van der Waals surface area contributed by atoms with E-state index in [9.17, 15) is 13.2 Å². The van der Waals surface area contributed by atoms with Crippen LogP contribution in [0.1, 0.15) is 26.2 Å². The first-order chi connectivity index (χ1) is 8.74. The highest BCUT2D eigenvalue weighted by Crippen LogP contribution is 2.67. The molecule has 0 amide bonds. The summed E-state index contributed by atoms with van der Waals surface area (Å²) in [6.45, 7) is 1.91. The fraction of sp³-hybridized carbons (Fsp3) is 0.909. The molecule has 108 valence electrons. The van der Waals surface area contributed by atoms with Crippen LogP contribution < -0.4 is 0 Å². The predicted molar refractivity (Wildman–Crippen MR) is 70.0 cm³/mol. The van der Waals surface area contributed by atoms with Crippen LogP contribution in [0.2, 0.25) is 0 Å². The molecule has 3 aliphatic rings. The van der Waals surface area contributed by atoms with Crippen molar-refractivity contribution in [3.05, 3.63) is 0 Å². The van der Waals surface area contributed by atoms with Crippen LogP contribution in [0.25, 0.3) is 0 Å². The van der Waals surface area contributed by atoms with Gasteiger partial charge in [0.05, 0.1) is 11.2 Å². The highest BCUT2D eigenvalue weighted by molar-refractivity contribution is 7.89. The molecule has 0 aromatic carbocycles. The number of sulfonamides is 1. The predicted octanol–water partition coefficient (Wildman–Crippen LogP) is 1.70. The molecule has 2 saturated carbocycles. The Hall–Kier alpha value is 0.120. The van der Waals surface area contributed by atoms with Crippen LogP contribution in [0.3, 0.4) is 0 Å². The monoisotopic (exact) mass is 327 g/mol. The molecule has 0 aromatic rings. The van der Waals surface area contributed by atoms with Crippen LogP contribution in [0, 0.1) is 16.7 Å². The first-order valence-corrected chi connectivity index (χ1v) is 8.67. The van der Waals surface area contributed by atoms with E-state index in [1.54, 1.807) is 0 Å². The standard InChI is InChI=1S/C11H15Cl2NO4S/c1-10(9(12)13)7-2-3-11(10,8(15)4-7)5-19(16,17)14-6-18-14/h7,9H,2-6H2,1H3/t7-,10+,11+,14?/m0/s1. The van der Waals surface area contributed by atoms with E-state index in [4.69, 9.17) is 28.0 Å². The topological polar surface area (TPSA) is 66.8 Å². The lowest BCUT2D eigenvalue weighted by atomic mass is 9.70. The maximum absolute atomic E-state index is 12.4. The highest BCUT2D eigenvalue weighted by atomic mass is 35.5. The number of hydroxylamine groups is 1. The highest BCUT2D eigenvalue weighted by Gasteiger charge is 2.70. The summed E-state index contributed by atoms with van der Waals surface area (Å²) in [6, 6.07) is 0. The van der Waals surface area contributed by atoms with Gasteiger partial charge in [-0.15, -0.1) is 23.2 Å². The van der Waals surface area contributed by atoms with E-state index in [0.29, 0.717) is 12.8 Å². The van der Waals surface area contributed by atoms with Gasteiger partial charge in [0.25, 0.3) is 0 Å². The third-order valence-corrected chi connectivity index (χ3v) is 7.79. The molecule has 2 bridgehead atoms. The Morgan fingerprint density at radius 3 is 2.63 bits per heavy atom. The van der Waals surface area contributed by atoms with Gasteiger partial charge in [0, 0.05) is 11.8 Å². The number of carbonyl (C=O) groups is 1. The Morgan fingerprint density at radius 1 is 1.53 bits per heavy atom. The molecule has 1 heterocycles. The second-order valence-corrected chi connectivity index (χ2v) is 8.80. The molecule has 5 nitrogen and oxygen atoms in total. The van der Waals surface area contributed by atoms with Gasteiger partial charge < -0.3 is 0 Å². The summed E-state index contributed by atoms with van der Waals surface area (Å²) in [4.78, 5) is 16.3. The molecule has 1 saturated heterocycles. The van der Waals surface area contributed by atoms with Gasteiger partial charge in [0.15, 0.2) is 6.73 Å². The van der Waals surface area contributed by atoms with E-state index in [1.807, 2.05) is 6.92 Å². The molecule has 0 N–H and O–H groups in total. The second kappa shape index (κ2) is 4.07. The Labute approximate surface area is 122 Å².